The number of amides is 1. The number of piperidine rings is 1. The number of likely N-dealkylation sites (tertiary alicyclic amines) is 1. The number of ether oxygens (including phenoxy) is 1. The highest BCUT2D eigenvalue weighted by molar-refractivity contribution is 5.81. The molecule has 2 N–H and O–H groups in total. The van der Waals surface area contributed by atoms with Gasteiger partial charge < -0.3 is 19.9 Å². The van der Waals surface area contributed by atoms with E-state index in [1.807, 2.05) is 64.1 Å². The summed E-state index contributed by atoms with van der Waals surface area (Å²) in [5.41, 5.74) is 7.85. The molecule has 1 saturated heterocycles. The van der Waals surface area contributed by atoms with Crippen LogP contribution in [0.15, 0.2) is 54.6 Å². The number of nitrogens with two attached hydrogens (primary N) is 1. The number of fused-ring (bicyclic) bond motifs is 1. The van der Waals surface area contributed by atoms with Gasteiger partial charge in [0, 0.05) is 19.1 Å². The molecule has 140 valence electrons. The van der Waals surface area contributed by atoms with Crippen molar-refractivity contribution in [3.05, 3.63) is 60.4 Å². The Morgan fingerprint density at radius 3 is 2.74 bits per heavy atom. The highest BCUT2D eigenvalue weighted by atomic mass is 16.5. The van der Waals surface area contributed by atoms with Crippen molar-refractivity contribution in [1.82, 2.24) is 14.5 Å². The minimum atomic E-state index is 0.0723. The first kappa shape index (κ1) is 17.5. The fourth-order valence-corrected chi connectivity index (χ4v) is 3.55. The van der Waals surface area contributed by atoms with E-state index >= 15 is 0 Å². The van der Waals surface area contributed by atoms with E-state index in [0.29, 0.717) is 13.2 Å². The van der Waals surface area contributed by atoms with Crippen molar-refractivity contribution in [1.29, 1.82) is 0 Å². The van der Waals surface area contributed by atoms with Crippen molar-refractivity contribution in [2.24, 2.45) is 5.73 Å². The number of hydrogen-bond donors (Lipinski definition) is 1. The molecule has 4 rings (SSSR count). The lowest BCUT2D eigenvalue weighted by Crippen LogP contribution is -2.46. The standard InChI is InChI=1S/C21H24N4O2/c22-16-7-6-12-24(13-16)21(26)14-25-19-11-5-4-10-18(19)23-20(25)15-27-17-8-2-1-3-9-17/h1-5,8-11,16H,6-7,12-15,22H2. The molecule has 1 atom stereocenters. The molecular formula is C21H24N4O2. The Bertz CT molecular complexity index is 922. The van der Waals surface area contributed by atoms with Crippen molar-refractivity contribution in [2.45, 2.75) is 32.0 Å². The van der Waals surface area contributed by atoms with Crippen LogP contribution in [-0.2, 0) is 17.9 Å². The Hall–Kier alpha value is -2.86. The maximum Gasteiger partial charge on any atom is 0.242 e. The van der Waals surface area contributed by atoms with Crippen molar-refractivity contribution in [3.63, 3.8) is 0 Å². The van der Waals surface area contributed by atoms with Crippen LogP contribution in [0.3, 0.4) is 0 Å². The molecule has 0 bridgehead atoms. The minimum absolute atomic E-state index is 0.0723. The second-order valence-electron chi connectivity index (χ2n) is 6.95. The average molecular weight is 364 g/mol. The van der Waals surface area contributed by atoms with Crippen LogP contribution in [0.2, 0.25) is 0 Å². The van der Waals surface area contributed by atoms with E-state index in [-0.39, 0.29) is 18.5 Å². The fourth-order valence-electron chi connectivity index (χ4n) is 3.55. The number of aromatic nitrogens is 2. The maximum atomic E-state index is 12.9. The molecule has 0 spiro atoms. The molecule has 2 heterocycles. The molecule has 0 saturated carbocycles. The highest BCUT2D eigenvalue weighted by Gasteiger charge is 2.23. The van der Waals surface area contributed by atoms with E-state index < -0.39 is 0 Å². The van der Waals surface area contributed by atoms with Gasteiger partial charge >= 0.3 is 0 Å². The van der Waals surface area contributed by atoms with Gasteiger partial charge in [-0.3, -0.25) is 4.79 Å². The molecular weight excluding hydrogens is 340 g/mol. The summed E-state index contributed by atoms with van der Waals surface area (Å²) in [6, 6.07) is 17.6. The first-order valence-electron chi connectivity index (χ1n) is 9.36. The third-order valence-electron chi connectivity index (χ3n) is 4.95. The smallest absolute Gasteiger partial charge is 0.242 e. The number of carbonyl (C=O) groups is 1. The van der Waals surface area contributed by atoms with E-state index in [1.54, 1.807) is 0 Å². The van der Waals surface area contributed by atoms with E-state index in [1.165, 1.54) is 0 Å². The number of imidazole rings is 1. The van der Waals surface area contributed by atoms with Gasteiger partial charge in [-0.2, -0.15) is 0 Å². The number of carbonyl (C=O) groups excluding carboxylic acids is 1. The summed E-state index contributed by atoms with van der Waals surface area (Å²) in [6.45, 7) is 1.96. The molecule has 3 aromatic rings. The first-order chi connectivity index (χ1) is 13.2. The lowest BCUT2D eigenvalue weighted by Gasteiger charge is -2.31. The van der Waals surface area contributed by atoms with E-state index in [0.717, 1.165) is 42.0 Å². The molecule has 0 aliphatic carbocycles. The van der Waals surface area contributed by atoms with Crippen LogP contribution in [-0.4, -0.2) is 39.5 Å². The zero-order chi connectivity index (χ0) is 18.6. The molecule has 1 amide bonds. The van der Waals surface area contributed by atoms with Gasteiger partial charge in [0.15, 0.2) is 0 Å². The predicted octanol–water partition coefficient (Wildman–Crippen LogP) is 2.57. The molecule has 6 heteroatoms. The van der Waals surface area contributed by atoms with Crippen molar-refractivity contribution in [2.75, 3.05) is 13.1 Å². The Morgan fingerprint density at radius 2 is 1.93 bits per heavy atom. The van der Waals surface area contributed by atoms with Crippen LogP contribution in [0.5, 0.6) is 5.75 Å². The average Bonchev–Trinajstić information content (AvgIpc) is 3.05. The van der Waals surface area contributed by atoms with Gasteiger partial charge in [-0.1, -0.05) is 30.3 Å². The van der Waals surface area contributed by atoms with Crippen LogP contribution in [0.1, 0.15) is 18.7 Å². The Morgan fingerprint density at radius 1 is 1.15 bits per heavy atom. The number of para-hydroxylation sites is 3. The topological polar surface area (TPSA) is 73.4 Å². The second kappa shape index (κ2) is 7.80. The van der Waals surface area contributed by atoms with Gasteiger partial charge in [0.2, 0.25) is 5.91 Å². The zero-order valence-corrected chi connectivity index (χ0v) is 15.3. The van der Waals surface area contributed by atoms with Gasteiger partial charge in [-0.15, -0.1) is 0 Å². The molecule has 1 fully saturated rings. The predicted molar refractivity (Wildman–Crippen MR) is 104 cm³/mol. The van der Waals surface area contributed by atoms with E-state index in [9.17, 15) is 4.79 Å². The minimum Gasteiger partial charge on any atom is -0.486 e. The van der Waals surface area contributed by atoms with Gasteiger partial charge in [-0.05, 0) is 37.1 Å². The number of nitrogens with zero attached hydrogens (tertiary/aromatic N) is 3. The van der Waals surface area contributed by atoms with Crippen LogP contribution in [0.25, 0.3) is 11.0 Å². The van der Waals surface area contributed by atoms with Gasteiger partial charge in [-0.25, -0.2) is 4.98 Å². The Balaban J connectivity index is 1.57. The van der Waals surface area contributed by atoms with Crippen molar-refractivity contribution >= 4 is 16.9 Å². The van der Waals surface area contributed by atoms with Crippen molar-refractivity contribution < 1.29 is 9.53 Å². The van der Waals surface area contributed by atoms with Crippen LogP contribution < -0.4 is 10.5 Å². The summed E-state index contributed by atoms with van der Waals surface area (Å²) >= 11 is 0. The number of hydrogen-bond acceptors (Lipinski definition) is 4. The zero-order valence-electron chi connectivity index (χ0n) is 15.3. The Kier molecular flexibility index (Phi) is 5.07. The molecule has 27 heavy (non-hydrogen) atoms. The summed E-state index contributed by atoms with van der Waals surface area (Å²) in [5, 5.41) is 0. The summed E-state index contributed by atoms with van der Waals surface area (Å²) in [6.07, 6.45) is 1.94. The molecule has 0 radical (unpaired) electrons. The maximum absolute atomic E-state index is 12.9. The van der Waals surface area contributed by atoms with Crippen LogP contribution in [0, 0.1) is 0 Å². The normalized spacial score (nSPS) is 17.2. The second-order valence-corrected chi connectivity index (χ2v) is 6.95. The summed E-state index contributed by atoms with van der Waals surface area (Å²) in [5.74, 6) is 1.61. The van der Waals surface area contributed by atoms with E-state index in [4.69, 9.17) is 10.5 Å². The highest BCUT2D eigenvalue weighted by Crippen LogP contribution is 2.19. The summed E-state index contributed by atoms with van der Waals surface area (Å²) < 4.78 is 7.84. The molecule has 1 aromatic heterocycles. The molecule has 1 aliphatic rings. The molecule has 6 nitrogen and oxygen atoms in total. The van der Waals surface area contributed by atoms with Crippen molar-refractivity contribution in [3.8, 4) is 5.75 Å². The number of benzene rings is 2. The number of rotatable bonds is 5. The van der Waals surface area contributed by atoms with Gasteiger partial charge in [0.1, 0.15) is 24.7 Å². The summed E-state index contributed by atoms with van der Waals surface area (Å²) in [7, 11) is 0. The largest absolute Gasteiger partial charge is 0.486 e. The lowest BCUT2D eigenvalue weighted by molar-refractivity contribution is -0.133. The third kappa shape index (κ3) is 3.95. The lowest BCUT2D eigenvalue weighted by atomic mass is 10.1. The third-order valence-corrected chi connectivity index (χ3v) is 4.95. The Labute approximate surface area is 158 Å². The fraction of sp³-hybridized carbons (Fsp3) is 0.333. The first-order valence-corrected chi connectivity index (χ1v) is 9.36. The van der Waals surface area contributed by atoms with Gasteiger partial charge in [0.25, 0.3) is 0 Å². The summed E-state index contributed by atoms with van der Waals surface area (Å²) in [4.78, 5) is 19.4. The molecule has 1 aliphatic heterocycles. The molecule has 1 unspecified atom stereocenters. The van der Waals surface area contributed by atoms with Crippen LogP contribution >= 0.6 is 0 Å². The van der Waals surface area contributed by atoms with E-state index in [2.05, 4.69) is 4.98 Å². The van der Waals surface area contributed by atoms with Crippen LogP contribution in [0.4, 0.5) is 0 Å². The quantitative estimate of drug-likeness (QED) is 0.755. The van der Waals surface area contributed by atoms with Gasteiger partial charge in [0.05, 0.1) is 11.0 Å². The molecule has 2 aromatic carbocycles. The SMILES string of the molecule is NC1CCCN(C(=O)Cn2c(COc3ccccc3)nc3ccccc32)C1. The monoisotopic (exact) mass is 364 g/mol.